The molecule has 0 aliphatic carbocycles. The van der Waals surface area contributed by atoms with Crippen molar-refractivity contribution in [1.82, 2.24) is 0 Å². The molecule has 0 bridgehead atoms. The first-order chi connectivity index (χ1) is 8.75. The zero-order chi connectivity index (χ0) is 12.5. The summed E-state index contributed by atoms with van der Waals surface area (Å²) < 4.78 is 0. The van der Waals surface area contributed by atoms with Crippen LogP contribution in [0.5, 0.6) is 0 Å². The molecule has 0 radical (unpaired) electrons. The number of aryl methyl sites for hydroxylation is 2. The zero-order valence-electron chi connectivity index (χ0n) is 10.9. The molecular formula is C16H18N2. The van der Waals surface area contributed by atoms with Crippen molar-refractivity contribution in [1.29, 1.82) is 0 Å². The molecule has 2 nitrogen and oxygen atoms in total. The zero-order valence-corrected chi connectivity index (χ0v) is 10.9. The van der Waals surface area contributed by atoms with Gasteiger partial charge in [0.2, 0.25) is 0 Å². The summed E-state index contributed by atoms with van der Waals surface area (Å²) in [5, 5.41) is 3.45. The Bertz CT molecular complexity index is 575. The number of anilines is 3. The summed E-state index contributed by atoms with van der Waals surface area (Å²) in [4.78, 5) is 2.40. The van der Waals surface area contributed by atoms with Gasteiger partial charge in [0.05, 0.1) is 11.4 Å². The first-order valence-corrected chi connectivity index (χ1v) is 6.43. The summed E-state index contributed by atoms with van der Waals surface area (Å²) in [6.45, 7) is 6.33. The third-order valence-corrected chi connectivity index (χ3v) is 3.49. The first kappa shape index (κ1) is 11.1. The van der Waals surface area contributed by atoms with Gasteiger partial charge in [-0.2, -0.15) is 0 Å². The minimum absolute atomic E-state index is 0.990. The molecule has 1 heterocycles. The molecule has 1 aliphatic heterocycles. The van der Waals surface area contributed by atoms with Gasteiger partial charge in [0.25, 0.3) is 0 Å². The Morgan fingerprint density at radius 2 is 1.83 bits per heavy atom. The second kappa shape index (κ2) is 4.37. The van der Waals surface area contributed by atoms with Crippen LogP contribution in [0.3, 0.4) is 0 Å². The minimum Gasteiger partial charge on any atom is -0.382 e. The van der Waals surface area contributed by atoms with Crippen LogP contribution in [0.1, 0.15) is 11.1 Å². The van der Waals surface area contributed by atoms with Gasteiger partial charge in [-0.1, -0.05) is 29.8 Å². The predicted molar refractivity (Wildman–Crippen MR) is 77.9 cm³/mol. The standard InChI is InChI=1S/C16H18N2/c1-12-7-8-15(13(2)11-12)18-10-9-17-14-5-3-4-6-16(14)18/h3-8,11,17H,9-10H2,1-2H3. The van der Waals surface area contributed by atoms with Crippen LogP contribution >= 0.6 is 0 Å². The van der Waals surface area contributed by atoms with E-state index in [1.807, 2.05) is 0 Å². The second-order valence-electron chi connectivity index (χ2n) is 4.89. The Hall–Kier alpha value is -1.96. The maximum Gasteiger partial charge on any atom is 0.0647 e. The van der Waals surface area contributed by atoms with Crippen molar-refractivity contribution in [3.8, 4) is 0 Å². The van der Waals surface area contributed by atoms with Crippen molar-refractivity contribution in [2.24, 2.45) is 0 Å². The number of fused-ring (bicyclic) bond motifs is 1. The lowest BCUT2D eigenvalue weighted by atomic mass is 10.1. The summed E-state index contributed by atoms with van der Waals surface area (Å²) >= 11 is 0. The Kier molecular flexibility index (Phi) is 2.71. The van der Waals surface area contributed by atoms with Crippen LogP contribution in [-0.4, -0.2) is 13.1 Å². The molecule has 1 N–H and O–H groups in total. The third-order valence-electron chi connectivity index (χ3n) is 3.49. The van der Waals surface area contributed by atoms with E-state index in [9.17, 15) is 0 Å². The highest BCUT2D eigenvalue weighted by atomic mass is 15.2. The normalized spacial score (nSPS) is 14.0. The van der Waals surface area contributed by atoms with Gasteiger partial charge in [-0.05, 0) is 37.6 Å². The van der Waals surface area contributed by atoms with Gasteiger partial charge in [0, 0.05) is 18.8 Å². The van der Waals surface area contributed by atoms with Crippen molar-refractivity contribution >= 4 is 17.1 Å². The van der Waals surface area contributed by atoms with E-state index in [0.717, 1.165) is 13.1 Å². The molecule has 2 aromatic carbocycles. The fourth-order valence-electron chi connectivity index (χ4n) is 2.64. The molecule has 0 spiro atoms. The lowest BCUT2D eigenvalue weighted by Crippen LogP contribution is -2.30. The van der Waals surface area contributed by atoms with Gasteiger partial charge < -0.3 is 10.2 Å². The van der Waals surface area contributed by atoms with E-state index in [-0.39, 0.29) is 0 Å². The molecule has 18 heavy (non-hydrogen) atoms. The van der Waals surface area contributed by atoms with Crippen molar-refractivity contribution in [3.63, 3.8) is 0 Å². The molecule has 2 heteroatoms. The van der Waals surface area contributed by atoms with E-state index < -0.39 is 0 Å². The Balaban J connectivity index is 2.08. The third kappa shape index (κ3) is 1.84. The molecule has 3 rings (SSSR count). The van der Waals surface area contributed by atoms with Gasteiger partial charge in [-0.3, -0.25) is 0 Å². The highest BCUT2D eigenvalue weighted by molar-refractivity contribution is 5.79. The van der Waals surface area contributed by atoms with Gasteiger partial charge >= 0.3 is 0 Å². The van der Waals surface area contributed by atoms with Gasteiger partial charge in [-0.25, -0.2) is 0 Å². The number of hydrogen-bond donors (Lipinski definition) is 1. The van der Waals surface area contributed by atoms with Gasteiger partial charge in [-0.15, -0.1) is 0 Å². The fourth-order valence-corrected chi connectivity index (χ4v) is 2.64. The molecule has 0 aromatic heterocycles. The largest absolute Gasteiger partial charge is 0.382 e. The first-order valence-electron chi connectivity index (χ1n) is 6.43. The quantitative estimate of drug-likeness (QED) is 0.811. The second-order valence-corrected chi connectivity index (χ2v) is 4.89. The Labute approximate surface area is 108 Å². The number of benzene rings is 2. The SMILES string of the molecule is Cc1ccc(N2CCNc3ccccc32)c(C)c1. The van der Waals surface area contributed by atoms with E-state index in [1.165, 1.54) is 28.2 Å². The van der Waals surface area contributed by atoms with Crippen LogP contribution in [0.2, 0.25) is 0 Å². The lowest BCUT2D eigenvalue weighted by molar-refractivity contribution is 0.922. The van der Waals surface area contributed by atoms with Crippen molar-refractivity contribution in [2.45, 2.75) is 13.8 Å². The number of nitrogens with zero attached hydrogens (tertiary/aromatic N) is 1. The topological polar surface area (TPSA) is 15.3 Å². The van der Waals surface area contributed by atoms with Crippen molar-refractivity contribution in [2.75, 3.05) is 23.3 Å². The highest BCUT2D eigenvalue weighted by Crippen LogP contribution is 2.35. The molecule has 0 saturated heterocycles. The molecule has 0 unspecified atom stereocenters. The molecule has 0 fully saturated rings. The van der Waals surface area contributed by atoms with Crippen LogP contribution in [0.25, 0.3) is 0 Å². The highest BCUT2D eigenvalue weighted by Gasteiger charge is 2.18. The maximum atomic E-state index is 3.45. The van der Waals surface area contributed by atoms with Crippen molar-refractivity contribution in [3.05, 3.63) is 53.6 Å². The van der Waals surface area contributed by atoms with E-state index in [0.29, 0.717) is 0 Å². The minimum atomic E-state index is 0.990. The average Bonchev–Trinajstić information content (AvgIpc) is 2.38. The van der Waals surface area contributed by atoms with Gasteiger partial charge in [0.15, 0.2) is 0 Å². The lowest BCUT2D eigenvalue weighted by Gasteiger charge is -2.33. The van der Waals surface area contributed by atoms with Crippen LogP contribution in [0, 0.1) is 13.8 Å². The summed E-state index contributed by atoms with van der Waals surface area (Å²) in [5.41, 5.74) is 6.47. The summed E-state index contributed by atoms with van der Waals surface area (Å²) in [5.74, 6) is 0. The van der Waals surface area contributed by atoms with E-state index in [1.54, 1.807) is 0 Å². The van der Waals surface area contributed by atoms with Crippen LogP contribution < -0.4 is 10.2 Å². The Morgan fingerprint density at radius 1 is 1.00 bits per heavy atom. The van der Waals surface area contributed by atoms with Gasteiger partial charge in [0.1, 0.15) is 0 Å². The van der Waals surface area contributed by atoms with Crippen LogP contribution in [0.4, 0.5) is 17.1 Å². The van der Waals surface area contributed by atoms with E-state index in [4.69, 9.17) is 0 Å². The number of nitrogens with one attached hydrogen (secondary N) is 1. The summed E-state index contributed by atoms with van der Waals surface area (Å²) in [7, 11) is 0. The molecular weight excluding hydrogens is 220 g/mol. The van der Waals surface area contributed by atoms with Crippen LogP contribution in [0.15, 0.2) is 42.5 Å². The fraction of sp³-hybridized carbons (Fsp3) is 0.250. The monoisotopic (exact) mass is 238 g/mol. The smallest absolute Gasteiger partial charge is 0.0647 e. The van der Waals surface area contributed by atoms with E-state index >= 15 is 0 Å². The van der Waals surface area contributed by atoms with Crippen LogP contribution in [-0.2, 0) is 0 Å². The molecule has 2 aromatic rings. The molecule has 1 aliphatic rings. The number of rotatable bonds is 1. The van der Waals surface area contributed by atoms with Crippen molar-refractivity contribution < 1.29 is 0 Å². The average molecular weight is 238 g/mol. The summed E-state index contributed by atoms with van der Waals surface area (Å²) in [6, 6.07) is 15.2. The van der Waals surface area contributed by atoms with E-state index in [2.05, 4.69) is 66.5 Å². The number of hydrogen-bond acceptors (Lipinski definition) is 2. The molecule has 92 valence electrons. The molecule has 0 saturated carbocycles. The number of para-hydroxylation sites is 2. The molecule has 0 atom stereocenters. The summed E-state index contributed by atoms with van der Waals surface area (Å²) in [6.07, 6.45) is 0. The predicted octanol–water partition coefficient (Wildman–Crippen LogP) is 3.87. The maximum absolute atomic E-state index is 3.45. The molecule has 0 amide bonds. The Morgan fingerprint density at radius 3 is 2.67 bits per heavy atom.